The summed E-state index contributed by atoms with van der Waals surface area (Å²) in [5, 5.41) is 4.33. The number of hydrogen-bond donors (Lipinski definition) is 1. The van der Waals surface area contributed by atoms with Crippen molar-refractivity contribution < 1.29 is 4.74 Å². The third-order valence-corrected chi connectivity index (χ3v) is 4.19. The van der Waals surface area contributed by atoms with Crippen LogP contribution in [0.15, 0.2) is 18.5 Å². The minimum absolute atomic E-state index is 0.320. The van der Waals surface area contributed by atoms with Crippen molar-refractivity contribution in [2.45, 2.75) is 39.3 Å². The Hall–Kier alpha value is -2.15. The van der Waals surface area contributed by atoms with Gasteiger partial charge in [-0.2, -0.15) is 10.1 Å². The third-order valence-electron chi connectivity index (χ3n) is 4.19. The average Bonchev–Trinajstić information content (AvgIpc) is 3.23. The van der Waals surface area contributed by atoms with Crippen LogP contribution in [-0.2, 0) is 17.8 Å². The first-order chi connectivity index (χ1) is 11.2. The van der Waals surface area contributed by atoms with Crippen LogP contribution in [0.1, 0.15) is 37.4 Å². The topological polar surface area (TPSA) is 82.1 Å². The standard InChI is InChI=1S/C16H24N6O/c1-3-21(9-12-8-18-22(4-2)10-12)15-7-14(19-16(17)20-15)13-5-6-23-11-13/h7-8,10,13H,3-6,9,11H2,1-2H3,(H2,17,19,20). The van der Waals surface area contributed by atoms with E-state index in [0.29, 0.717) is 18.5 Å². The van der Waals surface area contributed by atoms with Crippen molar-refractivity contribution in [2.24, 2.45) is 0 Å². The lowest BCUT2D eigenvalue weighted by Gasteiger charge is -2.22. The van der Waals surface area contributed by atoms with E-state index in [1.54, 1.807) is 0 Å². The molecule has 0 spiro atoms. The molecule has 0 aliphatic carbocycles. The first-order valence-corrected chi connectivity index (χ1v) is 8.18. The average molecular weight is 316 g/mol. The zero-order chi connectivity index (χ0) is 16.2. The van der Waals surface area contributed by atoms with Gasteiger partial charge in [0.25, 0.3) is 0 Å². The number of nitrogen functional groups attached to an aromatic ring is 1. The van der Waals surface area contributed by atoms with E-state index >= 15 is 0 Å². The predicted octanol–water partition coefficient (Wildman–Crippen LogP) is 1.81. The fraction of sp³-hybridized carbons (Fsp3) is 0.562. The van der Waals surface area contributed by atoms with Crippen molar-refractivity contribution in [3.05, 3.63) is 29.7 Å². The molecule has 124 valence electrons. The van der Waals surface area contributed by atoms with Crippen LogP contribution in [0.2, 0.25) is 0 Å². The number of nitrogens with two attached hydrogens (primary N) is 1. The Morgan fingerprint density at radius 3 is 2.91 bits per heavy atom. The van der Waals surface area contributed by atoms with Crippen LogP contribution < -0.4 is 10.6 Å². The van der Waals surface area contributed by atoms with Gasteiger partial charge in [-0.1, -0.05) is 0 Å². The molecule has 3 heterocycles. The Balaban J connectivity index is 1.82. The van der Waals surface area contributed by atoms with E-state index in [1.807, 2.05) is 16.9 Å². The molecule has 1 atom stereocenters. The van der Waals surface area contributed by atoms with E-state index in [0.717, 1.165) is 49.7 Å². The van der Waals surface area contributed by atoms with Gasteiger partial charge in [-0.05, 0) is 20.3 Å². The van der Waals surface area contributed by atoms with Crippen molar-refractivity contribution in [3.63, 3.8) is 0 Å². The number of aromatic nitrogens is 4. The highest BCUT2D eigenvalue weighted by atomic mass is 16.5. The van der Waals surface area contributed by atoms with Crippen LogP contribution in [-0.4, -0.2) is 39.5 Å². The molecule has 1 unspecified atom stereocenters. The highest BCUT2D eigenvalue weighted by Gasteiger charge is 2.21. The van der Waals surface area contributed by atoms with Gasteiger partial charge in [-0.25, -0.2) is 4.98 Å². The van der Waals surface area contributed by atoms with Gasteiger partial charge in [0.1, 0.15) is 5.82 Å². The molecule has 7 nitrogen and oxygen atoms in total. The second-order valence-corrected chi connectivity index (χ2v) is 5.79. The molecule has 0 amide bonds. The maximum Gasteiger partial charge on any atom is 0.222 e. The number of ether oxygens (including phenoxy) is 1. The molecule has 1 fully saturated rings. The largest absolute Gasteiger partial charge is 0.381 e. The maximum absolute atomic E-state index is 5.93. The molecule has 7 heteroatoms. The zero-order valence-electron chi connectivity index (χ0n) is 13.8. The van der Waals surface area contributed by atoms with Crippen LogP contribution in [0.5, 0.6) is 0 Å². The number of rotatable bonds is 6. The van der Waals surface area contributed by atoms with Crippen LogP contribution in [0.4, 0.5) is 11.8 Å². The summed E-state index contributed by atoms with van der Waals surface area (Å²) in [4.78, 5) is 11.0. The molecule has 1 aliphatic rings. The highest BCUT2D eigenvalue weighted by molar-refractivity contribution is 5.45. The van der Waals surface area contributed by atoms with E-state index in [4.69, 9.17) is 10.5 Å². The minimum Gasteiger partial charge on any atom is -0.381 e. The Labute approximate surface area is 136 Å². The normalized spacial score (nSPS) is 17.6. The first kappa shape index (κ1) is 15.7. The van der Waals surface area contributed by atoms with Gasteiger partial charge < -0.3 is 15.4 Å². The highest BCUT2D eigenvalue weighted by Crippen LogP contribution is 2.27. The lowest BCUT2D eigenvalue weighted by atomic mass is 10.0. The fourth-order valence-corrected chi connectivity index (χ4v) is 2.85. The van der Waals surface area contributed by atoms with E-state index in [9.17, 15) is 0 Å². The van der Waals surface area contributed by atoms with E-state index in [1.165, 1.54) is 0 Å². The van der Waals surface area contributed by atoms with E-state index in [-0.39, 0.29) is 0 Å². The Kier molecular flexibility index (Phi) is 4.76. The minimum atomic E-state index is 0.320. The lowest BCUT2D eigenvalue weighted by Crippen LogP contribution is -2.24. The fourth-order valence-electron chi connectivity index (χ4n) is 2.85. The molecule has 0 bridgehead atoms. The van der Waals surface area contributed by atoms with Gasteiger partial charge in [0.05, 0.1) is 18.5 Å². The molecule has 2 aromatic heterocycles. The third kappa shape index (κ3) is 3.61. The summed E-state index contributed by atoms with van der Waals surface area (Å²) in [6.07, 6.45) is 4.96. The molecule has 0 aromatic carbocycles. The van der Waals surface area contributed by atoms with Crippen molar-refractivity contribution in [1.82, 2.24) is 19.7 Å². The van der Waals surface area contributed by atoms with Crippen molar-refractivity contribution in [1.29, 1.82) is 0 Å². The van der Waals surface area contributed by atoms with Gasteiger partial charge in [-0.3, -0.25) is 4.68 Å². The van der Waals surface area contributed by atoms with E-state index < -0.39 is 0 Å². The van der Waals surface area contributed by atoms with Crippen LogP contribution in [0, 0.1) is 0 Å². The number of aryl methyl sites for hydroxylation is 1. The molecule has 2 aromatic rings. The summed E-state index contributed by atoms with van der Waals surface area (Å²) < 4.78 is 7.39. The Bertz CT molecular complexity index is 650. The van der Waals surface area contributed by atoms with Gasteiger partial charge in [-0.15, -0.1) is 0 Å². The quantitative estimate of drug-likeness (QED) is 0.875. The van der Waals surface area contributed by atoms with Crippen molar-refractivity contribution in [3.8, 4) is 0 Å². The van der Waals surface area contributed by atoms with Crippen molar-refractivity contribution in [2.75, 3.05) is 30.4 Å². The number of hydrogen-bond acceptors (Lipinski definition) is 6. The molecular formula is C16H24N6O. The second kappa shape index (κ2) is 6.95. The molecular weight excluding hydrogens is 292 g/mol. The van der Waals surface area contributed by atoms with Crippen LogP contribution in [0.25, 0.3) is 0 Å². The predicted molar refractivity (Wildman–Crippen MR) is 89.2 cm³/mol. The number of anilines is 2. The Morgan fingerprint density at radius 1 is 1.39 bits per heavy atom. The maximum atomic E-state index is 5.93. The van der Waals surface area contributed by atoms with Gasteiger partial charge >= 0.3 is 0 Å². The molecule has 23 heavy (non-hydrogen) atoms. The molecule has 0 radical (unpaired) electrons. The summed E-state index contributed by atoms with van der Waals surface area (Å²) in [6.45, 7) is 8.17. The zero-order valence-corrected chi connectivity index (χ0v) is 13.8. The molecule has 1 saturated heterocycles. The Morgan fingerprint density at radius 2 is 2.26 bits per heavy atom. The first-order valence-electron chi connectivity index (χ1n) is 8.18. The van der Waals surface area contributed by atoms with Crippen molar-refractivity contribution >= 4 is 11.8 Å². The summed E-state index contributed by atoms with van der Waals surface area (Å²) in [7, 11) is 0. The molecule has 0 saturated carbocycles. The van der Waals surface area contributed by atoms with E-state index in [2.05, 4.69) is 40.0 Å². The lowest BCUT2D eigenvalue weighted by molar-refractivity contribution is 0.193. The summed E-state index contributed by atoms with van der Waals surface area (Å²) >= 11 is 0. The SMILES string of the molecule is CCN(Cc1cnn(CC)c1)c1cc(C2CCOC2)nc(N)n1. The molecule has 3 rings (SSSR count). The molecule has 1 aliphatic heterocycles. The monoisotopic (exact) mass is 316 g/mol. The smallest absolute Gasteiger partial charge is 0.222 e. The summed E-state index contributed by atoms with van der Waals surface area (Å²) in [5.74, 6) is 1.51. The van der Waals surface area contributed by atoms with Crippen LogP contribution >= 0.6 is 0 Å². The van der Waals surface area contributed by atoms with Gasteiger partial charge in [0.2, 0.25) is 5.95 Å². The molecule has 2 N–H and O–H groups in total. The second-order valence-electron chi connectivity index (χ2n) is 5.79. The van der Waals surface area contributed by atoms with Crippen LogP contribution in [0.3, 0.4) is 0 Å². The van der Waals surface area contributed by atoms with Gasteiger partial charge in [0, 0.05) is 50.0 Å². The summed E-state index contributed by atoms with van der Waals surface area (Å²) in [5.41, 5.74) is 8.08. The van der Waals surface area contributed by atoms with Gasteiger partial charge in [0.15, 0.2) is 0 Å². The summed E-state index contributed by atoms with van der Waals surface area (Å²) in [6, 6.07) is 2.05. The number of nitrogens with zero attached hydrogens (tertiary/aromatic N) is 5.